The van der Waals surface area contributed by atoms with Gasteiger partial charge in [0.05, 0.1) is 23.7 Å². The Hall–Kier alpha value is -3.34. The van der Waals surface area contributed by atoms with Crippen molar-refractivity contribution in [3.05, 3.63) is 82.5 Å². The Morgan fingerprint density at radius 3 is 2.43 bits per heavy atom. The Balaban J connectivity index is 1.02. The predicted octanol–water partition coefficient (Wildman–Crippen LogP) is 9.69. The van der Waals surface area contributed by atoms with Crippen molar-refractivity contribution in [2.45, 2.75) is 180 Å². The molecule has 2 bridgehead atoms. The van der Waals surface area contributed by atoms with Crippen LogP contribution in [-0.4, -0.2) is 70.4 Å². The standard InChI is InChI=1S/C58H81N3O6/c1-33(62)31-61-45-29-56(4)48(57(5)44-20-13-23-54(2,51(45)57)52(66)49(44)37-24-34(32-60-7)25-39(63)27-37)22-21-43-50(47(65)30-55(43,56)3)41(35-14-9-8-10-15-35)28-46(64)53-58(6,67-53)42-19-12-18-40(42)36-16-11-17-38(59)26-36/h11,13,16-17,20,24-27,33,35,40-42,44-46,48-49,51,53,60-64H,8-10,12,14-15,18-19,21-23,28-32,59H2,1-7H3. The molecule has 9 nitrogen and oxygen atoms in total. The number of epoxide rings is 1. The SMILES string of the molecule is CNCc1cc(O)cc(C2C(=O)C3(C)CC=CC2C2(C)C3C(NCC(C)O)CC3(C)C2CCC2=C(C(CC(O)C4OC4(C)C4CCCC4c4cccc(N)c4)C4CCCCC4)C(=O)CC23C)c1. The summed E-state index contributed by atoms with van der Waals surface area (Å²) in [6.45, 7) is 14.7. The van der Waals surface area contributed by atoms with E-state index in [9.17, 15) is 15.3 Å². The number of phenols is 1. The summed E-state index contributed by atoms with van der Waals surface area (Å²) >= 11 is 0. The van der Waals surface area contributed by atoms with Crippen molar-refractivity contribution in [2.24, 2.45) is 57.2 Å². The molecule has 16 unspecified atom stereocenters. The highest BCUT2D eigenvalue weighted by atomic mass is 16.6. The monoisotopic (exact) mass is 916 g/mol. The number of nitrogen functional groups attached to an aromatic ring is 1. The zero-order chi connectivity index (χ0) is 47.4. The van der Waals surface area contributed by atoms with Gasteiger partial charge in [0, 0.05) is 42.1 Å². The molecule has 1 heterocycles. The van der Waals surface area contributed by atoms with Crippen molar-refractivity contribution < 1.29 is 29.6 Å². The number of ether oxygens (including phenoxy) is 1. The Morgan fingerprint density at radius 1 is 0.925 bits per heavy atom. The van der Waals surface area contributed by atoms with Crippen LogP contribution in [0.3, 0.4) is 0 Å². The quantitative estimate of drug-likeness (QED) is 0.0654. The summed E-state index contributed by atoms with van der Waals surface area (Å²) in [4.78, 5) is 30.8. The molecule has 2 aromatic rings. The number of phenolic OH excluding ortho intramolecular Hbond substituents is 1. The summed E-state index contributed by atoms with van der Waals surface area (Å²) in [5.74, 6) is 1.34. The second kappa shape index (κ2) is 17.2. The summed E-state index contributed by atoms with van der Waals surface area (Å²) < 4.78 is 6.70. The van der Waals surface area contributed by atoms with Gasteiger partial charge in [0.1, 0.15) is 17.6 Å². The maximum Gasteiger partial charge on any atom is 0.160 e. The molecule has 0 radical (unpaired) electrons. The van der Waals surface area contributed by atoms with E-state index >= 15 is 9.59 Å². The van der Waals surface area contributed by atoms with Crippen LogP contribution in [0.25, 0.3) is 0 Å². The molecule has 9 heteroatoms. The van der Waals surface area contributed by atoms with Crippen LogP contribution < -0.4 is 16.4 Å². The lowest BCUT2D eigenvalue weighted by Crippen LogP contribution is -2.72. The third-order valence-corrected chi connectivity index (χ3v) is 20.8. The number of aliphatic hydroxyl groups is 2. The fraction of sp³-hybridized carbons (Fsp3) is 0.690. The Morgan fingerprint density at radius 2 is 1.70 bits per heavy atom. The van der Waals surface area contributed by atoms with E-state index in [2.05, 4.69) is 81.7 Å². The first kappa shape index (κ1) is 47.3. The molecular formula is C58H81N3O6. The number of anilines is 1. The van der Waals surface area contributed by atoms with Gasteiger partial charge in [-0.2, -0.15) is 0 Å². The molecule has 0 aromatic heterocycles. The number of hydrogen-bond acceptors (Lipinski definition) is 9. The third-order valence-electron chi connectivity index (χ3n) is 20.8. The number of rotatable bonds is 13. The first-order valence-corrected chi connectivity index (χ1v) is 26.5. The number of Topliss-reactive ketones (excluding diaryl/α,β-unsaturated/α-hetero) is 2. The van der Waals surface area contributed by atoms with Crippen molar-refractivity contribution in [3.8, 4) is 5.75 Å². The fourth-order valence-corrected chi connectivity index (χ4v) is 17.9. The lowest BCUT2D eigenvalue weighted by Gasteiger charge is -2.72. The van der Waals surface area contributed by atoms with Crippen LogP contribution in [0.4, 0.5) is 5.69 Å². The van der Waals surface area contributed by atoms with E-state index in [1.807, 2.05) is 26.1 Å². The lowest BCUT2D eigenvalue weighted by molar-refractivity contribution is -0.206. The maximum absolute atomic E-state index is 15.4. The molecule has 0 amide bonds. The first-order chi connectivity index (χ1) is 31.9. The average molecular weight is 916 g/mol. The summed E-state index contributed by atoms with van der Waals surface area (Å²) in [7, 11) is 1.90. The van der Waals surface area contributed by atoms with E-state index in [1.54, 1.807) is 6.07 Å². The first-order valence-electron chi connectivity index (χ1n) is 26.5. The van der Waals surface area contributed by atoms with E-state index in [1.165, 1.54) is 17.6 Å². The zero-order valence-corrected chi connectivity index (χ0v) is 41.6. The number of carbonyl (C=O) groups excluding carboxylic acids is 2. The van der Waals surface area contributed by atoms with E-state index in [0.29, 0.717) is 50.1 Å². The summed E-state index contributed by atoms with van der Waals surface area (Å²) in [6, 6.07) is 14.0. The molecule has 16 atom stereocenters. The molecule has 364 valence electrons. The maximum atomic E-state index is 15.4. The number of nitrogens with two attached hydrogens (primary N) is 1. The second-order valence-electron chi connectivity index (χ2n) is 24.5. The van der Waals surface area contributed by atoms with Gasteiger partial charge in [0.25, 0.3) is 0 Å². The van der Waals surface area contributed by atoms with Crippen LogP contribution >= 0.6 is 0 Å². The van der Waals surface area contributed by atoms with Gasteiger partial charge >= 0.3 is 0 Å². The van der Waals surface area contributed by atoms with Gasteiger partial charge in [-0.3, -0.25) is 9.59 Å². The number of allylic oxidation sites excluding steroid dienone is 4. The molecule has 7 N–H and O–H groups in total. The third kappa shape index (κ3) is 7.39. The number of hydrogen-bond donors (Lipinski definition) is 6. The summed E-state index contributed by atoms with van der Waals surface area (Å²) in [6.07, 6.45) is 16.4. The number of aliphatic hydroxyl groups excluding tert-OH is 2. The number of fused-ring (bicyclic) bond motifs is 5. The van der Waals surface area contributed by atoms with Gasteiger partial charge in [-0.1, -0.05) is 89.3 Å². The zero-order valence-electron chi connectivity index (χ0n) is 41.6. The minimum atomic E-state index is -0.683. The molecule has 11 rings (SSSR count). The van der Waals surface area contributed by atoms with Crippen molar-refractivity contribution >= 4 is 17.3 Å². The van der Waals surface area contributed by atoms with Gasteiger partial charge in [-0.15, -0.1) is 0 Å². The van der Waals surface area contributed by atoms with Crippen LogP contribution in [0.2, 0.25) is 0 Å². The smallest absolute Gasteiger partial charge is 0.160 e. The molecule has 8 aliphatic carbocycles. The van der Waals surface area contributed by atoms with E-state index in [-0.39, 0.29) is 64.0 Å². The molecule has 5 saturated carbocycles. The highest BCUT2D eigenvalue weighted by Gasteiger charge is 2.74. The molecule has 9 aliphatic rings. The minimum Gasteiger partial charge on any atom is -0.508 e. The topological polar surface area (TPSA) is 157 Å². The van der Waals surface area contributed by atoms with Crippen molar-refractivity contribution in [3.63, 3.8) is 0 Å². The van der Waals surface area contributed by atoms with Crippen molar-refractivity contribution in [1.82, 2.24) is 10.6 Å². The van der Waals surface area contributed by atoms with Crippen LogP contribution in [-0.2, 0) is 20.9 Å². The van der Waals surface area contributed by atoms with Gasteiger partial charge in [-0.25, -0.2) is 0 Å². The van der Waals surface area contributed by atoms with E-state index in [4.69, 9.17) is 10.5 Å². The Labute approximate surface area is 400 Å². The Kier molecular flexibility index (Phi) is 12.2. The van der Waals surface area contributed by atoms with Crippen LogP contribution in [0, 0.1) is 57.2 Å². The molecular weight excluding hydrogens is 835 g/mol. The van der Waals surface area contributed by atoms with Crippen LogP contribution in [0.5, 0.6) is 5.75 Å². The average Bonchev–Trinajstić information content (AvgIpc) is 3.67. The van der Waals surface area contributed by atoms with Gasteiger partial charge in [0.15, 0.2) is 5.78 Å². The summed E-state index contributed by atoms with van der Waals surface area (Å²) in [5, 5.41) is 41.6. The number of ketones is 2. The largest absolute Gasteiger partial charge is 0.508 e. The lowest BCUT2D eigenvalue weighted by atomic mass is 9.32. The minimum absolute atomic E-state index is 0.00272. The Bertz CT molecular complexity index is 2320. The summed E-state index contributed by atoms with van der Waals surface area (Å²) in [5.41, 5.74) is 10.4. The second-order valence-corrected chi connectivity index (χ2v) is 24.5. The van der Waals surface area contributed by atoms with Crippen molar-refractivity contribution in [2.75, 3.05) is 19.3 Å². The van der Waals surface area contributed by atoms with Crippen molar-refractivity contribution in [1.29, 1.82) is 0 Å². The number of benzene rings is 2. The van der Waals surface area contributed by atoms with E-state index < -0.39 is 34.6 Å². The number of nitrogens with one attached hydrogen (secondary N) is 2. The van der Waals surface area contributed by atoms with Crippen LogP contribution in [0.1, 0.15) is 160 Å². The molecule has 1 saturated heterocycles. The van der Waals surface area contributed by atoms with E-state index in [0.717, 1.165) is 86.6 Å². The van der Waals surface area contributed by atoms with Gasteiger partial charge < -0.3 is 36.4 Å². The molecule has 0 spiro atoms. The normalized spacial score (nSPS) is 41.7. The predicted molar refractivity (Wildman–Crippen MR) is 264 cm³/mol. The molecule has 2 aromatic carbocycles. The molecule has 1 aliphatic heterocycles. The number of aromatic hydroxyl groups is 1. The fourth-order valence-electron chi connectivity index (χ4n) is 17.9. The molecule has 6 fully saturated rings. The highest BCUT2D eigenvalue weighted by Crippen LogP contribution is 2.77. The molecule has 67 heavy (non-hydrogen) atoms. The highest BCUT2D eigenvalue weighted by molar-refractivity contribution is 6.01. The van der Waals surface area contributed by atoms with Crippen LogP contribution in [0.15, 0.2) is 65.8 Å². The van der Waals surface area contributed by atoms with Gasteiger partial charge in [-0.05, 0) is 177 Å². The number of carbonyl (C=O) groups is 2. The van der Waals surface area contributed by atoms with Gasteiger partial charge in [0.2, 0.25) is 0 Å².